The summed E-state index contributed by atoms with van der Waals surface area (Å²) in [5.74, 6) is 0.610. The zero-order valence-electron chi connectivity index (χ0n) is 14.1. The van der Waals surface area contributed by atoms with Gasteiger partial charge in [-0.25, -0.2) is 12.8 Å². The number of halogens is 1. The highest BCUT2D eigenvalue weighted by Gasteiger charge is 2.33. The number of para-hydroxylation sites is 1. The van der Waals surface area contributed by atoms with Gasteiger partial charge in [-0.1, -0.05) is 24.3 Å². The molecule has 136 valence electrons. The maximum atomic E-state index is 14.6. The molecule has 2 aromatic carbocycles. The minimum absolute atomic E-state index is 0.0431. The average molecular weight is 374 g/mol. The lowest BCUT2D eigenvalue weighted by Gasteiger charge is -2.37. The highest BCUT2D eigenvalue weighted by atomic mass is 32.2. The lowest BCUT2D eigenvalue weighted by Crippen LogP contribution is -2.46. The van der Waals surface area contributed by atoms with Crippen LogP contribution in [0, 0.1) is 5.82 Å². The van der Waals surface area contributed by atoms with Gasteiger partial charge >= 0.3 is 0 Å². The Bertz CT molecular complexity index is 945. The first-order chi connectivity index (χ1) is 12.5. The maximum Gasteiger partial charge on any atom is 0.256 e. The van der Waals surface area contributed by atoms with Crippen LogP contribution in [0.1, 0.15) is 24.3 Å². The fourth-order valence-corrected chi connectivity index (χ4v) is 4.53. The Morgan fingerprint density at radius 2 is 1.92 bits per heavy atom. The van der Waals surface area contributed by atoms with Crippen molar-refractivity contribution in [1.29, 1.82) is 0 Å². The molecule has 2 aromatic rings. The number of hydrogen-bond acceptors (Lipinski definition) is 4. The van der Waals surface area contributed by atoms with E-state index < -0.39 is 15.8 Å². The summed E-state index contributed by atoms with van der Waals surface area (Å²) in [7, 11) is -3.43. The molecule has 0 amide bonds. The smallest absolute Gasteiger partial charge is 0.256 e. The lowest BCUT2D eigenvalue weighted by atomic mass is 9.89. The molecule has 0 aromatic heterocycles. The van der Waals surface area contributed by atoms with Crippen LogP contribution < -0.4 is 4.74 Å². The molecule has 1 fully saturated rings. The highest BCUT2D eigenvalue weighted by molar-refractivity contribution is 7.90. The van der Waals surface area contributed by atoms with Gasteiger partial charge in [0.15, 0.2) is 11.6 Å². The number of nitrogens with zero attached hydrogens (tertiary/aromatic N) is 2. The molecule has 26 heavy (non-hydrogen) atoms. The van der Waals surface area contributed by atoms with Crippen LogP contribution in [0.15, 0.2) is 52.9 Å². The van der Waals surface area contributed by atoms with Gasteiger partial charge in [0.1, 0.15) is 11.6 Å². The predicted octanol–water partition coefficient (Wildman–Crippen LogP) is 3.54. The molecular formula is C19H19FN2O3S. The third-order valence-electron chi connectivity index (χ3n) is 4.74. The van der Waals surface area contributed by atoms with Crippen LogP contribution in [0.2, 0.25) is 0 Å². The number of benzene rings is 2. The maximum absolute atomic E-state index is 14.6. The molecule has 2 heterocycles. The van der Waals surface area contributed by atoms with E-state index in [1.807, 2.05) is 23.1 Å². The quantitative estimate of drug-likeness (QED) is 0.825. The van der Waals surface area contributed by atoms with Gasteiger partial charge in [0.2, 0.25) is 0 Å². The molecule has 1 atom stereocenters. The molecule has 7 heteroatoms. The van der Waals surface area contributed by atoms with Crippen LogP contribution in [0.25, 0.3) is 0 Å². The van der Waals surface area contributed by atoms with Gasteiger partial charge in [-0.2, -0.15) is 0 Å². The Morgan fingerprint density at radius 3 is 2.69 bits per heavy atom. The largest absolute Gasteiger partial charge is 0.454 e. The number of amidine groups is 1. The number of ether oxygens (including phenoxy) is 1. The third kappa shape index (κ3) is 3.44. The van der Waals surface area contributed by atoms with Crippen LogP contribution >= 0.6 is 0 Å². The summed E-state index contributed by atoms with van der Waals surface area (Å²) in [6.07, 6.45) is 1.68. The topological polar surface area (TPSA) is 59.0 Å². The number of rotatable bonds is 3. The molecule has 0 spiro atoms. The zero-order valence-corrected chi connectivity index (χ0v) is 15.0. The number of hydrogen-bond donors (Lipinski definition) is 0. The van der Waals surface area contributed by atoms with E-state index in [9.17, 15) is 12.8 Å². The summed E-state index contributed by atoms with van der Waals surface area (Å²) in [5, 5.41) is 0. The number of fused-ring (bicyclic) bond motifs is 1. The Balaban J connectivity index is 1.63. The van der Waals surface area contributed by atoms with Crippen LogP contribution in [-0.2, 0) is 10.0 Å². The molecule has 4 rings (SSSR count). The molecular weight excluding hydrogens is 355 g/mol. The minimum atomic E-state index is -3.43. The highest BCUT2D eigenvalue weighted by Crippen LogP contribution is 2.34. The van der Waals surface area contributed by atoms with Crippen molar-refractivity contribution in [3.63, 3.8) is 0 Å². The average Bonchev–Trinajstić information content (AvgIpc) is 2.63. The Hall–Kier alpha value is -2.41. The van der Waals surface area contributed by atoms with Crippen molar-refractivity contribution < 1.29 is 17.5 Å². The molecule has 0 aliphatic carbocycles. The van der Waals surface area contributed by atoms with Crippen molar-refractivity contribution in [2.24, 2.45) is 4.40 Å². The van der Waals surface area contributed by atoms with Crippen molar-refractivity contribution >= 4 is 15.9 Å². The van der Waals surface area contributed by atoms with E-state index in [2.05, 4.69) is 4.40 Å². The Kier molecular flexibility index (Phi) is 4.40. The van der Waals surface area contributed by atoms with Crippen molar-refractivity contribution in [3.05, 3.63) is 59.9 Å². The fraction of sp³-hybridized carbons (Fsp3) is 0.316. The summed E-state index contributed by atoms with van der Waals surface area (Å²) in [4.78, 5) is 2.00. The van der Waals surface area contributed by atoms with Crippen molar-refractivity contribution in [3.8, 4) is 11.5 Å². The zero-order chi connectivity index (χ0) is 18.1. The molecule has 0 N–H and O–H groups in total. The molecule has 0 bridgehead atoms. The molecule has 1 saturated heterocycles. The SMILES string of the molecule is O=S1(=O)CCN2CCCC(c3ccc(Oc4ccccc4)c(F)c3)C2=N1. The summed E-state index contributed by atoms with van der Waals surface area (Å²) in [6, 6.07) is 13.8. The van der Waals surface area contributed by atoms with Gasteiger partial charge < -0.3 is 9.64 Å². The van der Waals surface area contributed by atoms with Crippen molar-refractivity contribution in [1.82, 2.24) is 4.90 Å². The van der Waals surface area contributed by atoms with E-state index in [1.54, 1.807) is 24.3 Å². The van der Waals surface area contributed by atoms with Gasteiger partial charge in [0.25, 0.3) is 10.0 Å². The van der Waals surface area contributed by atoms with E-state index in [0.29, 0.717) is 18.1 Å². The molecule has 2 aliphatic rings. The minimum Gasteiger partial charge on any atom is -0.454 e. The first-order valence-electron chi connectivity index (χ1n) is 8.62. The third-order valence-corrected chi connectivity index (χ3v) is 5.90. The fourth-order valence-electron chi connectivity index (χ4n) is 3.46. The molecule has 1 unspecified atom stereocenters. The van der Waals surface area contributed by atoms with Gasteiger partial charge in [-0.05, 0) is 42.7 Å². The second-order valence-electron chi connectivity index (χ2n) is 6.52. The standard InChI is InChI=1S/C19H19FN2O3S/c20-17-13-14(8-9-18(17)25-15-5-2-1-3-6-15)16-7-4-10-22-11-12-26(23,24)21-19(16)22/h1-3,5-6,8-9,13,16H,4,7,10-12H2. The first-order valence-corrected chi connectivity index (χ1v) is 10.2. The summed E-state index contributed by atoms with van der Waals surface area (Å²) in [5.41, 5.74) is 0.725. The lowest BCUT2D eigenvalue weighted by molar-refractivity contribution is 0.365. The van der Waals surface area contributed by atoms with E-state index in [4.69, 9.17) is 4.74 Å². The van der Waals surface area contributed by atoms with Crippen molar-refractivity contribution in [2.45, 2.75) is 18.8 Å². The molecule has 2 aliphatic heterocycles. The number of piperidine rings is 1. The monoisotopic (exact) mass is 374 g/mol. The second-order valence-corrected chi connectivity index (χ2v) is 8.28. The van der Waals surface area contributed by atoms with Crippen LogP contribution in [0.3, 0.4) is 0 Å². The van der Waals surface area contributed by atoms with Crippen LogP contribution in [-0.4, -0.2) is 38.0 Å². The van der Waals surface area contributed by atoms with Gasteiger partial charge in [0, 0.05) is 19.0 Å². The van der Waals surface area contributed by atoms with Crippen LogP contribution in [0.5, 0.6) is 11.5 Å². The second kappa shape index (κ2) is 6.72. The Labute approximate surface area is 152 Å². The van der Waals surface area contributed by atoms with Gasteiger partial charge in [-0.15, -0.1) is 4.40 Å². The van der Waals surface area contributed by atoms with Crippen molar-refractivity contribution in [2.75, 3.05) is 18.8 Å². The van der Waals surface area contributed by atoms with E-state index in [-0.39, 0.29) is 17.4 Å². The molecule has 0 saturated carbocycles. The number of sulfonamides is 1. The normalized spacial score (nSPS) is 21.7. The molecule has 5 nitrogen and oxygen atoms in total. The van der Waals surface area contributed by atoms with Crippen LogP contribution in [0.4, 0.5) is 4.39 Å². The van der Waals surface area contributed by atoms with Gasteiger partial charge in [-0.3, -0.25) is 0 Å². The first kappa shape index (κ1) is 17.0. The van der Waals surface area contributed by atoms with E-state index >= 15 is 0 Å². The molecule has 0 radical (unpaired) electrons. The van der Waals surface area contributed by atoms with E-state index in [1.165, 1.54) is 6.07 Å². The summed E-state index contributed by atoms with van der Waals surface area (Å²) >= 11 is 0. The summed E-state index contributed by atoms with van der Waals surface area (Å²) in [6.45, 7) is 1.25. The predicted molar refractivity (Wildman–Crippen MR) is 97.7 cm³/mol. The summed E-state index contributed by atoms with van der Waals surface area (Å²) < 4.78 is 47.9. The van der Waals surface area contributed by atoms with Gasteiger partial charge in [0.05, 0.1) is 5.75 Å². The Morgan fingerprint density at radius 1 is 1.12 bits per heavy atom. The van der Waals surface area contributed by atoms with E-state index in [0.717, 1.165) is 24.9 Å².